The zero-order chi connectivity index (χ0) is 38.1. The van der Waals surface area contributed by atoms with Crippen molar-refractivity contribution in [3.8, 4) is 23.0 Å². The van der Waals surface area contributed by atoms with Gasteiger partial charge in [0.1, 0.15) is 11.6 Å². The molecule has 0 unspecified atom stereocenters. The Morgan fingerprint density at radius 3 is 1.28 bits per heavy atom. The van der Waals surface area contributed by atoms with Crippen LogP contribution in [0.15, 0.2) is 97.1 Å². The number of nitrogens with zero attached hydrogens (tertiary/aromatic N) is 2. The smallest absolute Gasteiger partial charge is 0.161 e. The quantitative estimate of drug-likeness (QED) is 0.0543. The molecular weight excluding hydrogens is 665 g/mol. The van der Waals surface area contributed by atoms with Crippen LogP contribution >= 0.6 is 0 Å². The van der Waals surface area contributed by atoms with Crippen LogP contribution in [0.2, 0.25) is 0 Å². The van der Waals surface area contributed by atoms with Gasteiger partial charge in [0.05, 0.1) is 32.8 Å². The molecule has 8 heteroatoms. The molecule has 4 rings (SSSR count). The van der Waals surface area contributed by atoms with Gasteiger partial charge in [-0.05, 0) is 113 Å². The Kier molecular flexibility index (Phi) is 16.4. The second kappa shape index (κ2) is 21.1. The number of hydrogen-bond acceptors (Lipinski definition) is 8. The molecule has 0 saturated carbocycles. The van der Waals surface area contributed by atoms with Gasteiger partial charge in [-0.15, -0.1) is 0 Å². The van der Waals surface area contributed by atoms with Gasteiger partial charge < -0.3 is 28.7 Å². The zero-order valence-electron chi connectivity index (χ0n) is 32.6. The van der Waals surface area contributed by atoms with Crippen molar-refractivity contribution in [2.45, 2.75) is 51.4 Å². The largest absolute Gasteiger partial charge is 0.493 e. The molecule has 0 fully saturated rings. The van der Waals surface area contributed by atoms with Gasteiger partial charge in [-0.1, -0.05) is 72.8 Å². The molecule has 0 aliphatic carbocycles. The fourth-order valence-corrected chi connectivity index (χ4v) is 6.59. The molecule has 0 bridgehead atoms. The Hall–Kier alpha value is -4.66. The van der Waals surface area contributed by atoms with E-state index in [9.17, 15) is 9.59 Å². The van der Waals surface area contributed by atoms with Crippen LogP contribution in [0.4, 0.5) is 0 Å². The lowest BCUT2D eigenvalue weighted by Gasteiger charge is -2.32. The minimum atomic E-state index is -1.25. The molecule has 0 heterocycles. The van der Waals surface area contributed by atoms with Gasteiger partial charge in [0.25, 0.3) is 0 Å². The van der Waals surface area contributed by atoms with E-state index in [1.165, 1.54) is 0 Å². The highest BCUT2D eigenvalue weighted by molar-refractivity contribution is 6.07. The van der Waals surface area contributed by atoms with Crippen molar-refractivity contribution in [1.82, 2.24) is 9.80 Å². The highest BCUT2D eigenvalue weighted by Crippen LogP contribution is 2.36. The third-order valence-electron chi connectivity index (χ3n) is 9.52. The maximum Gasteiger partial charge on any atom is 0.161 e. The number of ketones is 2. The van der Waals surface area contributed by atoms with Crippen LogP contribution in [0.25, 0.3) is 0 Å². The summed E-state index contributed by atoms with van der Waals surface area (Å²) in [6, 6.07) is 31.5. The minimum absolute atomic E-state index is 0.0581. The Labute approximate surface area is 317 Å². The molecule has 8 nitrogen and oxygen atoms in total. The number of methoxy groups -OCH3 is 2. The fraction of sp³-hybridized carbons (Fsp3) is 0.422. The maximum atomic E-state index is 14.7. The van der Waals surface area contributed by atoms with E-state index in [-0.39, 0.29) is 24.4 Å². The van der Waals surface area contributed by atoms with Gasteiger partial charge in [-0.2, -0.15) is 0 Å². The molecule has 0 amide bonds. The van der Waals surface area contributed by atoms with Gasteiger partial charge in [0.2, 0.25) is 0 Å². The lowest BCUT2D eigenvalue weighted by molar-refractivity contribution is -0.141. The van der Waals surface area contributed by atoms with Gasteiger partial charge >= 0.3 is 0 Å². The summed E-state index contributed by atoms with van der Waals surface area (Å²) in [4.78, 5) is 33.7. The molecule has 0 aromatic heterocycles. The van der Waals surface area contributed by atoms with Crippen LogP contribution in [0, 0.1) is 5.41 Å². The molecule has 0 N–H and O–H groups in total. The maximum absolute atomic E-state index is 14.7. The highest BCUT2D eigenvalue weighted by Gasteiger charge is 2.44. The SMILES string of the molecule is COc1cc(CCC(=O)C(Cc2ccccc2)(Cc2ccccc2)C(=O)CCc2ccc(OCCCN(C)C)c(OC)c2)ccc1OCCCN(C)C. The molecule has 0 aliphatic rings. The summed E-state index contributed by atoms with van der Waals surface area (Å²) < 4.78 is 23.4. The summed E-state index contributed by atoms with van der Waals surface area (Å²) in [7, 11) is 11.4. The first-order chi connectivity index (χ1) is 25.6. The number of rotatable bonds is 24. The van der Waals surface area contributed by atoms with Crippen molar-refractivity contribution in [1.29, 1.82) is 0 Å². The number of carbonyl (C=O) groups is 2. The standard InChI is InChI=1S/C45H58N2O6/c1-46(2)27-13-29-52-39-23-19-35(31-41(39)50-5)21-25-43(48)45(33-37-15-9-7-10-16-37,34-38-17-11-8-12-18-38)44(49)26-22-36-20-24-40(42(32-36)51-6)53-30-14-28-47(3)4/h7-12,15-20,23-24,31-32H,13-14,21-22,25-30,33-34H2,1-6H3. The van der Waals surface area contributed by atoms with Crippen molar-refractivity contribution >= 4 is 11.6 Å². The summed E-state index contributed by atoms with van der Waals surface area (Å²) in [6.07, 6.45) is 3.82. The summed E-state index contributed by atoms with van der Waals surface area (Å²) in [6.45, 7) is 3.03. The predicted molar refractivity (Wildman–Crippen MR) is 213 cm³/mol. The Morgan fingerprint density at radius 1 is 0.528 bits per heavy atom. The number of aryl methyl sites for hydroxylation is 2. The lowest BCUT2D eigenvalue weighted by Crippen LogP contribution is -2.44. The van der Waals surface area contributed by atoms with Crippen molar-refractivity contribution < 1.29 is 28.5 Å². The van der Waals surface area contributed by atoms with Crippen molar-refractivity contribution in [2.24, 2.45) is 5.41 Å². The van der Waals surface area contributed by atoms with Crippen LogP contribution in [0.5, 0.6) is 23.0 Å². The second-order valence-corrected chi connectivity index (χ2v) is 14.2. The van der Waals surface area contributed by atoms with E-state index in [0.29, 0.717) is 61.9 Å². The molecule has 4 aromatic rings. The van der Waals surface area contributed by atoms with E-state index in [0.717, 1.165) is 48.2 Å². The summed E-state index contributed by atoms with van der Waals surface area (Å²) >= 11 is 0. The Balaban J connectivity index is 1.57. The van der Waals surface area contributed by atoms with Crippen molar-refractivity contribution in [3.05, 3.63) is 119 Å². The molecule has 0 atom stereocenters. The van der Waals surface area contributed by atoms with Crippen LogP contribution < -0.4 is 18.9 Å². The third kappa shape index (κ3) is 12.8. The molecule has 0 saturated heterocycles. The molecule has 0 aliphatic heterocycles. The zero-order valence-corrected chi connectivity index (χ0v) is 32.6. The first-order valence-electron chi connectivity index (χ1n) is 18.7. The first kappa shape index (κ1) is 41.1. The Morgan fingerprint density at radius 2 is 0.925 bits per heavy atom. The summed E-state index contributed by atoms with van der Waals surface area (Å²) in [5.74, 6) is 2.51. The number of Topliss-reactive ketones (excluding diaryl/α,β-unsaturated/α-hetero) is 2. The van der Waals surface area contributed by atoms with Gasteiger partial charge in [-0.3, -0.25) is 9.59 Å². The normalized spacial score (nSPS) is 11.5. The second-order valence-electron chi connectivity index (χ2n) is 14.2. The first-order valence-corrected chi connectivity index (χ1v) is 18.7. The number of ether oxygens (including phenoxy) is 4. The van der Waals surface area contributed by atoms with Crippen LogP contribution in [0.3, 0.4) is 0 Å². The van der Waals surface area contributed by atoms with Crippen LogP contribution in [-0.2, 0) is 35.3 Å². The van der Waals surface area contributed by atoms with Crippen LogP contribution in [-0.4, -0.2) is 90.1 Å². The predicted octanol–water partition coefficient (Wildman–Crippen LogP) is 7.54. The molecule has 284 valence electrons. The van der Waals surface area contributed by atoms with E-state index in [2.05, 4.69) is 9.80 Å². The van der Waals surface area contributed by atoms with Gasteiger partial charge in [0.15, 0.2) is 23.0 Å². The minimum Gasteiger partial charge on any atom is -0.493 e. The average Bonchev–Trinajstić information content (AvgIpc) is 3.17. The van der Waals surface area contributed by atoms with Crippen molar-refractivity contribution in [2.75, 3.05) is 68.7 Å². The van der Waals surface area contributed by atoms with Crippen molar-refractivity contribution in [3.63, 3.8) is 0 Å². The van der Waals surface area contributed by atoms with E-state index >= 15 is 0 Å². The van der Waals surface area contributed by atoms with Gasteiger partial charge in [0, 0.05) is 25.9 Å². The van der Waals surface area contributed by atoms with E-state index in [4.69, 9.17) is 18.9 Å². The highest BCUT2D eigenvalue weighted by atomic mass is 16.5. The fourth-order valence-electron chi connectivity index (χ4n) is 6.59. The summed E-state index contributed by atoms with van der Waals surface area (Å²) in [5.41, 5.74) is 2.57. The number of hydrogen-bond donors (Lipinski definition) is 0. The monoisotopic (exact) mass is 722 g/mol. The van der Waals surface area contributed by atoms with E-state index in [1.54, 1.807) is 14.2 Å². The molecule has 53 heavy (non-hydrogen) atoms. The lowest BCUT2D eigenvalue weighted by atomic mass is 9.68. The molecule has 0 spiro atoms. The van der Waals surface area contributed by atoms with Crippen LogP contribution in [0.1, 0.15) is 47.9 Å². The number of benzene rings is 4. The van der Waals surface area contributed by atoms with E-state index in [1.807, 2.05) is 125 Å². The summed E-state index contributed by atoms with van der Waals surface area (Å²) in [5, 5.41) is 0. The van der Waals surface area contributed by atoms with Gasteiger partial charge in [-0.25, -0.2) is 0 Å². The topological polar surface area (TPSA) is 77.5 Å². The molecule has 0 radical (unpaired) electrons. The molecule has 4 aromatic carbocycles. The third-order valence-corrected chi connectivity index (χ3v) is 9.52. The van der Waals surface area contributed by atoms with E-state index < -0.39 is 5.41 Å². The Bertz CT molecular complexity index is 1580. The molecular formula is C45H58N2O6. The average molecular weight is 723 g/mol. The number of carbonyl (C=O) groups excluding carboxylic acids is 2.